The van der Waals surface area contributed by atoms with Crippen LogP contribution in [0.4, 0.5) is 4.39 Å². The highest BCUT2D eigenvalue weighted by molar-refractivity contribution is 7.99. The zero-order valence-electron chi connectivity index (χ0n) is 12.5. The molecule has 0 radical (unpaired) electrons. The van der Waals surface area contributed by atoms with Crippen LogP contribution in [0.3, 0.4) is 0 Å². The Morgan fingerprint density at radius 3 is 2.64 bits per heavy atom. The van der Waals surface area contributed by atoms with Crippen LogP contribution < -0.4 is 10.6 Å². The number of nitrogens with zero attached hydrogens (tertiary/aromatic N) is 1. The van der Waals surface area contributed by atoms with Crippen molar-refractivity contribution in [2.75, 3.05) is 45.0 Å². The lowest BCUT2D eigenvalue weighted by Gasteiger charge is -2.27. The van der Waals surface area contributed by atoms with Crippen LogP contribution in [0.5, 0.6) is 0 Å². The van der Waals surface area contributed by atoms with Gasteiger partial charge in [-0.25, -0.2) is 4.39 Å². The Labute approximate surface area is 141 Å². The van der Waals surface area contributed by atoms with Crippen molar-refractivity contribution in [3.05, 3.63) is 30.1 Å². The Bertz CT molecular complexity index is 441. The molecule has 1 amide bonds. The first-order chi connectivity index (χ1) is 10.2. The highest BCUT2D eigenvalue weighted by atomic mass is 35.5. The second kappa shape index (κ2) is 10.8. The van der Waals surface area contributed by atoms with Gasteiger partial charge >= 0.3 is 0 Å². The maximum absolute atomic E-state index is 12.7. The van der Waals surface area contributed by atoms with Gasteiger partial charge in [0.25, 0.3) is 0 Å². The van der Waals surface area contributed by atoms with E-state index < -0.39 is 0 Å². The summed E-state index contributed by atoms with van der Waals surface area (Å²) < 4.78 is 12.7. The summed E-state index contributed by atoms with van der Waals surface area (Å²) in [6, 6.07) is 6.36. The van der Waals surface area contributed by atoms with Gasteiger partial charge in [0.2, 0.25) is 5.91 Å². The molecule has 0 saturated carbocycles. The van der Waals surface area contributed by atoms with E-state index in [-0.39, 0.29) is 24.1 Å². The molecule has 0 unspecified atom stereocenters. The molecule has 1 heterocycles. The molecule has 1 aromatic carbocycles. The Balaban J connectivity index is 0.00000242. The highest BCUT2D eigenvalue weighted by Gasteiger charge is 2.09. The normalized spacial score (nSPS) is 15.1. The van der Waals surface area contributed by atoms with Crippen LogP contribution in [0, 0.1) is 5.82 Å². The van der Waals surface area contributed by atoms with E-state index >= 15 is 0 Å². The number of rotatable bonds is 7. The molecule has 0 bridgehead atoms. The predicted molar refractivity (Wildman–Crippen MR) is 91.3 cm³/mol. The Morgan fingerprint density at radius 2 is 1.95 bits per heavy atom. The first kappa shape index (κ1) is 19.2. The Kier molecular flexibility index (Phi) is 9.47. The molecule has 1 aliphatic heterocycles. The fourth-order valence-electron chi connectivity index (χ4n) is 2.17. The van der Waals surface area contributed by atoms with E-state index in [1.54, 1.807) is 23.9 Å². The molecule has 0 atom stereocenters. The molecule has 0 aliphatic carbocycles. The lowest BCUT2D eigenvalue weighted by atomic mass is 10.3. The van der Waals surface area contributed by atoms with E-state index in [1.165, 1.54) is 12.1 Å². The van der Waals surface area contributed by atoms with Gasteiger partial charge < -0.3 is 10.6 Å². The van der Waals surface area contributed by atoms with E-state index in [4.69, 9.17) is 0 Å². The van der Waals surface area contributed by atoms with Crippen molar-refractivity contribution in [3.8, 4) is 0 Å². The molecule has 4 nitrogen and oxygen atoms in total. The molecule has 1 aliphatic rings. The number of halogens is 2. The van der Waals surface area contributed by atoms with Crippen molar-refractivity contribution < 1.29 is 9.18 Å². The number of carbonyl (C=O) groups is 1. The number of piperazine rings is 1. The monoisotopic (exact) mass is 347 g/mol. The fraction of sp³-hybridized carbons (Fsp3) is 0.533. The molecule has 2 rings (SSSR count). The van der Waals surface area contributed by atoms with Crippen LogP contribution in [-0.2, 0) is 4.79 Å². The minimum absolute atomic E-state index is 0. The van der Waals surface area contributed by atoms with Crippen molar-refractivity contribution >= 4 is 30.1 Å². The van der Waals surface area contributed by atoms with Gasteiger partial charge in [-0.15, -0.1) is 24.2 Å². The molecule has 1 fully saturated rings. The Morgan fingerprint density at radius 1 is 1.27 bits per heavy atom. The summed E-state index contributed by atoms with van der Waals surface area (Å²) in [7, 11) is 0. The van der Waals surface area contributed by atoms with E-state index in [1.807, 2.05) is 0 Å². The van der Waals surface area contributed by atoms with Gasteiger partial charge in [-0.3, -0.25) is 9.69 Å². The molecule has 1 saturated heterocycles. The van der Waals surface area contributed by atoms with Crippen molar-refractivity contribution in [2.45, 2.75) is 11.3 Å². The summed E-state index contributed by atoms with van der Waals surface area (Å²) in [6.07, 6.45) is 0.490. The average Bonchev–Trinajstić information content (AvgIpc) is 2.50. The molecule has 22 heavy (non-hydrogen) atoms. The third-order valence-electron chi connectivity index (χ3n) is 3.37. The van der Waals surface area contributed by atoms with Crippen LogP contribution >= 0.6 is 24.2 Å². The predicted octanol–water partition coefficient (Wildman–Crippen LogP) is 1.75. The number of amides is 1. The number of nitrogens with one attached hydrogen (secondary N) is 2. The summed E-state index contributed by atoms with van der Waals surface area (Å²) >= 11 is 1.57. The van der Waals surface area contributed by atoms with Crippen LogP contribution in [0.2, 0.25) is 0 Å². The molecular weight excluding hydrogens is 325 g/mol. The minimum Gasteiger partial charge on any atom is -0.355 e. The smallest absolute Gasteiger partial charge is 0.220 e. The highest BCUT2D eigenvalue weighted by Crippen LogP contribution is 2.18. The second-order valence-corrected chi connectivity index (χ2v) is 6.16. The van der Waals surface area contributed by atoms with Gasteiger partial charge in [-0.1, -0.05) is 0 Å². The van der Waals surface area contributed by atoms with Gasteiger partial charge in [-0.2, -0.15) is 0 Å². The van der Waals surface area contributed by atoms with E-state index in [0.717, 1.165) is 37.6 Å². The molecule has 124 valence electrons. The van der Waals surface area contributed by atoms with Gasteiger partial charge in [0.05, 0.1) is 0 Å². The van der Waals surface area contributed by atoms with Crippen molar-refractivity contribution in [3.63, 3.8) is 0 Å². The molecule has 7 heteroatoms. The molecule has 0 spiro atoms. The number of thioether (sulfide) groups is 1. The largest absolute Gasteiger partial charge is 0.355 e. The standard InChI is InChI=1S/C15H22FN3OS.ClH/c16-13-1-3-14(4-2-13)21-12-5-15(20)18-8-11-19-9-6-17-7-10-19;/h1-4,17H,5-12H2,(H,18,20);1H. The van der Waals surface area contributed by atoms with Gasteiger partial charge in [0.15, 0.2) is 0 Å². The second-order valence-electron chi connectivity index (χ2n) is 4.99. The van der Waals surface area contributed by atoms with Crippen molar-refractivity contribution in [1.29, 1.82) is 0 Å². The molecular formula is C15H23ClFN3OS. The van der Waals surface area contributed by atoms with Gasteiger partial charge in [0, 0.05) is 56.3 Å². The van der Waals surface area contributed by atoms with E-state index in [0.29, 0.717) is 18.7 Å². The maximum Gasteiger partial charge on any atom is 0.220 e. The lowest BCUT2D eigenvalue weighted by Crippen LogP contribution is -2.46. The summed E-state index contributed by atoms with van der Waals surface area (Å²) in [4.78, 5) is 15.1. The van der Waals surface area contributed by atoms with Crippen LogP contribution in [0.15, 0.2) is 29.2 Å². The topological polar surface area (TPSA) is 44.4 Å². The van der Waals surface area contributed by atoms with Crippen molar-refractivity contribution in [2.24, 2.45) is 0 Å². The summed E-state index contributed by atoms with van der Waals surface area (Å²) in [6.45, 7) is 5.79. The lowest BCUT2D eigenvalue weighted by molar-refractivity contribution is -0.120. The zero-order valence-corrected chi connectivity index (χ0v) is 14.1. The van der Waals surface area contributed by atoms with E-state index in [9.17, 15) is 9.18 Å². The number of benzene rings is 1. The first-order valence-corrected chi connectivity index (χ1v) is 8.31. The number of carbonyl (C=O) groups excluding carboxylic acids is 1. The molecule has 1 aromatic rings. The average molecular weight is 348 g/mol. The number of hydrogen-bond donors (Lipinski definition) is 2. The summed E-state index contributed by atoms with van der Waals surface area (Å²) in [5, 5.41) is 6.26. The SMILES string of the molecule is Cl.O=C(CCSc1ccc(F)cc1)NCCN1CCNCC1. The third kappa shape index (κ3) is 7.45. The summed E-state index contributed by atoms with van der Waals surface area (Å²) in [5.74, 6) is 0.565. The van der Waals surface area contributed by atoms with Crippen LogP contribution in [0.25, 0.3) is 0 Å². The maximum atomic E-state index is 12.7. The third-order valence-corrected chi connectivity index (χ3v) is 4.39. The molecule has 2 N–H and O–H groups in total. The van der Waals surface area contributed by atoms with Gasteiger partial charge in [-0.05, 0) is 24.3 Å². The van der Waals surface area contributed by atoms with Gasteiger partial charge in [0.1, 0.15) is 5.82 Å². The Hall–Kier alpha value is -0.820. The fourth-order valence-corrected chi connectivity index (χ4v) is 3.02. The quantitative estimate of drug-likeness (QED) is 0.738. The zero-order chi connectivity index (χ0) is 14.9. The number of hydrogen-bond acceptors (Lipinski definition) is 4. The molecule has 0 aromatic heterocycles. The van der Waals surface area contributed by atoms with Crippen molar-refractivity contribution in [1.82, 2.24) is 15.5 Å². The van der Waals surface area contributed by atoms with E-state index in [2.05, 4.69) is 15.5 Å². The minimum atomic E-state index is -0.231. The van der Waals surface area contributed by atoms with Crippen LogP contribution in [-0.4, -0.2) is 55.8 Å². The van der Waals surface area contributed by atoms with Crippen LogP contribution in [0.1, 0.15) is 6.42 Å². The summed E-state index contributed by atoms with van der Waals surface area (Å²) in [5.41, 5.74) is 0. The first-order valence-electron chi connectivity index (χ1n) is 7.32.